The standard InChI is InChI=1S/C16H23N3O3S/c1-11(2)16-17-15(22-18-16)10-19(4)12(3)13-6-8-14(9-7-13)23(5,20)21/h6-9,11-12H,10H2,1-5H3/t12-/m1/s1. The molecule has 0 aliphatic rings. The van der Waals surface area contributed by atoms with E-state index >= 15 is 0 Å². The molecule has 1 heterocycles. The molecule has 0 aliphatic heterocycles. The van der Waals surface area contributed by atoms with Crippen LogP contribution in [0.25, 0.3) is 0 Å². The lowest BCUT2D eigenvalue weighted by atomic mass is 10.1. The van der Waals surface area contributed by atoms with Gasteiger partial charge in [0, 0.05) is 18.2 Å². The number of rotatable bonds is 6. The molecule has 0 saturated heterocycles. The van der Waals surface area contributed by atoms with Gasteiger partial charge in [-0.15, -0.1) is 0 Å². The molecule has 23 heavy (non-hydrogen) atoms. The summed E-state index contributed by atoms with van der Waals surface area (Å²) < 4.78 is 28.3. The number of hydrogen-bond donors (Lipinski definition) is 0. The Kier molecular flexibility index (Phi) is 5.21. The summed E-state index contributed by atoms with van der Waals surface area (Å²) in [5.74, 6) is 1.52. The molecular weight excluding hydrogens is 314 g/mol. The molecule has 1 atom stereocenters. The first-order valence-corrected chi connectivity index (χ1v) is 9.40. The molecule has 2 aromatic rings. The molecule has 0 N–H and O–H groups in total. The SMILES string of the molecule is CC(C)c1noc(CN(C)[C@H](C)c2ccc(S(C)(=O)=O)cc2)n1. The normalized spacial score (nSPS) is 13.7. The molecule has 0 unspecified atom stereocenters. The van der Waals surface area contributed by atoms with E-state index in [-0.39, 0.29) is 12.0 Å². The third-order valence-corrected chi connectivity index (χ3v) is 4.97. The second-order valence-corrected chi connectivity index (χ2v) is 8.15. The van der Waals surface area contributed by atoms with Crippen LogP contribution < -0.4 is 0 Å². The van der Waals surface area contributed by atoms with E-state index in [1.54, 1.807) is 12.1 Å². The predicted molar refractivity (Wildman–Crippen MR) is 87.8 cm³/mol. The van der Waals surface area contributed by atoms with Crippen LogP contribution in [0.3, 0.4) is 0 Å². The molecule has 0 radical (unpaired) electrons. The Hall–Kier alpha value is -1.73. The van der Waals surface area contributed by atoms with Gasteiger partial charge in [-0.25, -0.2) is 8.42 Å². The van der Waals surface area contributed by atoms with Crippen molar-refractivity contribution < 1.29 is 12.9 Å². The summed E-state index contributed by atoms with van der Waals surface area (Å²) in [6.07, 6.45) is 1.21. The van der Waals surface area contributed by atoms with Gasteiger partial charge >= 0.3 is 0 Å². The van der Waals surface area contributed by atoms with Crippen LogP contribution in [0.1, 0.15) is 50.0 Å². The summed E-state index contributed by atoms with van der Waals surface area (Å²) in [4.78, 5) is 6.78. The Morgan fingerprint density at radius 2 is 1.78 bits per heavy atom. The Morgan fingerprint density at radius 3 is 2.26 bits per heavy atom. The molecule has 0 aliphatic carbocycles. The van der Waals surface area contributed by atoms with Gasteiger partial charge < -0.3 is 4.52 Å². The van der Waals surface area contributed by atoms with Gasteiger partial charge in [-0.05, 0) is 31.7 Å². The maximum Gasteiger partial charge on any atom is 0.240 e. The Balaban J connectivity index is 2.08. The van der Waals surface area contributed by atoms with E-state index in [1.807, 2.05) is 33.0 Å². The van der Waals surface area contributed by atoms with E-state index in [4.69, 9.17) is 4.52 Å². The van der Waals surface area contributed by atoms with Crippen molar-refractivity contribution in [3.8, 4) is 0 Å². The number of benzene rings is 1. The van der Waals surface area contributed by atoms with Gasteiger partial charge in [-0.2, -0.15) is 4.98 Å². The summed E-state index contributed by atoms with van der Waals surface area (Å²) in [7, 11) is -1.20. The van der Waals surface area contributed by atoms with E-state index in [9.17, 15) is 8.42 Å². The molecule has 1 aromatic heterocycles. The first-order chi connectivity index (χ1) is 10.7. The van der Waals surface area contributed by atoms with Crippen LogP contribution in [-0.4, -0.2) is 36.8 Å². The maximum absolute atomic E-state index is 11.5. The molecule has 0 fully saturated rings. The highest BCUT2D eigenvalue weighted by Gasteiger charge is 2.17. The van der Waals surface area contributed by atoms with Crippen molar-refractivity contribution in [2.45, 2.75) is 44.2 Å². The van der Waals surface area contributed by atoms with Gasteiger partial charge in [-0.1, -0.05) is 31.1 Å². The van der Waals surface area contributed by atoms with E-state index in [1.165, 1.54) is 6.26 Å². The maximum atomic E-state index is 11.5. The van der Waals surface area contributed by atoms with E-state index in [0.29, 0.717) is 23.2 Å². The number of sulfone groups is 1. The number of hydrogen-bond acceptors (Lipinski definition) is 6. The summed E-state index contributed by atoms with van der Waals surface area (Å²) in [5.41, 5.74) is 1.03. The van der Waals surface area contributed by atoms with Crippen LogP contribution in [0.2, 0.25) is 0 Å². The molecule has 0 bridgehead atoms. The fraction of sp³-hybridized carbons (Fsp3) is 0.500. The fourth-order valence-corrected chi connectivity index (χ4v) is 2.80. The average molecular weight is 337 g/mol. The van der Waals surface area contributed by atoms with Crippen molar-refractivity contribution in [1.82, 2.24) is 15.0 Å². The van der Waals surface area contributed by atoms with Crippen molar-refractivity contribution >= 4 is 9.84 Å². The highest BCUT2D eigenvalue weighted by atomic mass is 32.2. The van der Waals surface area contributed by atoms with Crippen molar-refractivity contribution in [3.05, 3.63) is 41.5 Å². The van der Waals surface area contributed by atoms with E-state index in [0.717, 1.165) is 5.56 Å². The summed E-state index contributed by atoms with van der Waals surface area (Å²) >= 11 is 0. The molecule has 0 spiro atoms. The summed E-state index contributed by atoms with van der Waals surface area (Å²) in [6.45, 7) is 6.62. The van der Waals surface area contributed by atoms with Crippen molar-refractivity contribution in [2.24, 2.45) is 0 Å². The summed E-state index contributed by atoms with van der Waals surface area (Å²) in [6, 6.07) is 7.05. The average Bonchev–Trinajstić information content (AvgIpc) is 2.94. The molecule has 0 saturated carbocycles. The van der Waals surface area contributed by atoms with E-state index < -0.39 is 9.84 Å². The quantitative estimate of drug-likeness (QED) is 0.807. The highest BCUT2D eigenvalue weighted by Crippen LogP contribution is 2.22. The zero-order valence-electron chi connectivity index (χ0n) is 14.1. The zero-order chi connectivity index (χ0) is 17.2. The minimum atomic E-state index is -3.17. The number of aromatic nitrogens is 2. The van der Waals surface area contributed by atoms with Gasteiger partial charge in [0.05, 0.1) is 11.4 Å². The van der Waals surface area contributed by atoms with Crippen molar-refractivity contribution in [2.75, 3.05) is 13.3 Å². The van der Waals surface area contributed by atoms with Crippen LogP contribution in [0.4, 0.5) is 0 Å². The predicted octanol–water partition coefficient (Wildman–Crippen LogP) is 2.79. The topological polar surface area (TPSA) is 76.3 Å². The van der Waals surface area contributed by atoms with Gasteiger partial charge in [-0.3, -0.25) is 4.90 Å². The van der Waals surface area contributed by atoms with Crippen molar-refractivity contribution in [1.29, 1.82) is 0 Å². The van der Waals surface area contributed by atoms with Crippen LogP contribution in [0.15, 0.2) is 33.7 Å². The lowest BCUT2D eigenvalue weighted by Crippen LogP contribution is -2.22. The molecule has 7 heteroatoms. The lowest BCUT2D eigenvalue weighted by Gasteiger charge is -2.23. The lowest BCUT2D eigenvalue weighted by molar-refractivity contribution is 0.216. The molecule has 6 nitrogen and oxygen atoms in total. The summed E-state index contributed by atoms with van der Waals surface area (Å²) in [5, 5.41) is 3.96. The van der Waals surface area contributed by atoms with Crippen LogP contribution in [-0.2, 0) is 16.4 Å². The molecule has 0 amide bonds. The van der Waals surface area contributed by atoms with Crippen molar-refractivity contribution in [3.63, 3.8) is 0 Å². The van der Waals surface area contributed by atoms with Crippen LogP contribution in [0, 0.1) is 0 Å². The third-order valence-electron chi connectivity index (χ3n) is 3.84. The minimum Gasteiger partial charge on any atom is -0.338 e. The third kappa shape index (κ3) is 4.39. The second-order valence-electron chi connectivity index (χ2n) is 6.13. The van der Waals surface area contributed by atoms with E-state index in [2.05, 4.69) is 22.0 Å². The molecule has 2 rings (SSSR count). The first-order valence-electron chi connectivity index (χ1n) is 7.51. The van der Waals surface area contributed by atoms with Gasteiger partial charge in [0.1, 0.15) is 0 Å². The van der Waals surface area contributed by atoms with Gasteiger partial charge in [0.15, 0.2) is 15.7 Å². The highest BCUT2D eigenvalue weighted by molar-refractivity contribution is 7.90. The second kappa shape index (κ2) is 6.80. The Bertz CT molecular complexity index is 751. The zero-order valence-corrected chi connectivity index (χ0v) is 15.0. The first kappa shape index (κ1) is 17.6. The fourth-order valence-electron chi connectivity index (χ4n) is 2.17. The number of nitrogens with zero attached hydrogens (tertiary/aromatic N) is 3. The van der Waals surface area contributed by atoms with Crippen LogP contribution >= 0.6 is 0 Å². The molecule has 126 valence electrons. The Morgan fingerprint density at radius 1 is 1.17 bits per heavy atom. The Labute approximate surface area is 137 Å². The molecular formula is C16H23N3O3S. The monoisotopic (exact) mass is 337 g/mol. The van der Waals surface area contributed by atoms with Crippen LogP contribution in [0.5, 0.6) is 0 Å². The van der Waals surface area contributed by atoms with Gasteiger partial charge in [0.25, 0.3) is 0 Å². The minimum absolute atomic E-state index is 0.0954. The van der Waals surface area contributed by atoms with Gasteiger partial charge in [0.2, 0.25) is 5.89 Å². The smallest absolute Gasteiger partial charge is 0.240 e. The largest absolute Gasteiger partial charge is 0.338 e. The molecule has 1 aromatic carbocycles.